The molecule has 0 spiro atoms. The van der Waals surface area contributed by atoms with Crippen molar-refractivity contribution in [1.82, 2.24) is 4.90 Å². The number of fused-ring (bicyclic) bond motifs is 1. The second-order valence-corrected chi connectivity index (χ2v) is 6.62. The third-order valence-corrected chi connectivity index (χ3v) is 4.89. The molecule has 1 heterocycles. The maximum Gasteiger partial charge on any atom is 0.0467 e. The normalized spacial score (nSPS) is 17.7. The lowest BCUT2D eigenvalue weighted by atomic mass is 9.95. The summed E-state index contributed by atoms with van der Waals surface area (Å²) in [5, 5.41) is 0. The van der Waals surface area contributed by atoms with Crippen LogP contribution >= 0.6 is 0 Å². The summed E-state index contributed by atoms with van der Waals surface area (Å²) < 4.78 is 0. The Morgan fingerprint density at radius 2 is 2.14 bits per heavy atom. The van der Waals surface area contributed by atoms with Crippen molar-refractivity contribution in [3.63, 3.8) is 0 Å². The van der Waals surface area contributed by atoms with Gasteiger partial charge in [0.25, 0.3) is 0 Å². The van der Waals surface area contributed by atoms with E-state index >= 15 is 0 Å². The van der Waals surface area contributed by atoms with Gasteiger partial charge in [0, 0.05) is 38.4 Å². The molecule has 1 aromatic rings. The van der Waals surface area contributed by atoms with Crippen molar-refractivity contribution in [2.24, 2.45) is 11.7 Å². The van der Waals surface area contributed by atoms with E-state index in [4.69, 9.17) is 5.73 Å². The first kappa shape index (κ1) is 16.3. The second kappa shape index (κ2) is 7.28. The van der Waals surface area contributed by atoms with Crippen molar-refractivity contribution in [2.45, 2.75) is 39.2 Å². The summed E-state index contributed by atoms with van der Waals surface area (Å²) in [6.07, 6.45) is 3.67. The van der Waals surface area contributed by atoms with Gasteiger partial charge in [-0.3, -0.25) is 4.90 Å². The standard InChI is InChI=1S/C18H31N3/c1-5-14(2)13-21(4)18(12-19)16-8-9-17-15(11-16)7-6-10-20(17)3/h8-9,11,14,18H,5-7,10,12-13,19H2,1-4H3. The van der Waals surface area contributed by atoms with Crippen LogP contribution in [0, 0.1) is 5.92 Å². The molecule has 0 aromatic heterocycles. The minimum absolute atomic E-state index is 0.330. The molecule has 0 aliphatic carbocycles. The third-order valence-electron chi connectivity index (χ3n) is 4.89. The Balaban J connectivity index is 2.18. The molecule has 2 rings (SSSR count). The zero-order chi connectivity index (χ0) is 15.4. The molecule has 1 aliphatic heterocycles. The summed E-state index contributed by atoms with van der Waals surface area (Å²) in [5.74, 6) is 0.716. The van der Waals surface area contributed by atoms with Crippen molar-refractivity contribution in [3.05, 3.63) is 29.3 Å². The van der Waals surface area contributed by atoms with E-state index in [1.54, 1.807) is 0 Å². The fourth-order valence-electron chi connectivity index (χ4n) is 3.33. The number of benzene rings is 1. The van der Waals surface area contributed by atoms with Crippen LogP contribution in [0.5, 0.6) is 0 Å². The van der Waals surface area contributed by atoms with E-state index in [0.717, 1.165) is 6.54 Å². The van der Waals surface area contributed by atoms with Gasteiger partial charge in [-0.1, -0.05) is 32.4 Å². The first-order valence-corrected chi connectivity index (χ1v) is 8.31. The van der Waals surface area contributed by atoms with E-state index in [0.29, 0.717) is 18.5 Å². The molecule has 0 bridgehead atoms. The summed E-state index contributed by atoms with van der Waals surface area (Å²) in [6.45, 7) is 7.52. The maximum atomic E-state index is 6.07. The molecule has 0 saturated heterocycles. The van der Waals surface area contributed by atoms with Crippen molar-refractivity contribution in [3.8, 4) is 0 Å². The van der Waals surface area contributed by atoms with E-state index in [1.807, 2.05) is 0 Å². The fraction of sp³-hybridized carbons (Fsp3) is 0.667. The topological polar surface area (TPSA) is 32.5 Å². The molecule has 2 atom stereocenters. The number of rotatable bonds is 6. The van der Waals surface area contributed by atoms with Crippen LogP contribution in [0.25, 0.3) is 0 Å². The largest absolute Gasteiger partial charge is 0.374 e. The average Bonchev–Trinajstić information content (AvgIpc) is 2.48. The first-order valence-electron chi connectivity index (χ1n) is 8.31. The zero-order valence-electron chi connectivity index (χ0n) is 14.1. The predicted octanol–water partition coefficient (Wildman–Crippen LogP) is 3.05. The van der Waals surface area contributed by atoms with Crippen molar-refractivity contribution >= 4 is 5.69 Å². The molecule has 3 nitrogen and oxygen atoms in total. The number of nitrogens with zero attached hydrogens (tertiary/aromatic N) is 2. The SMILES string of the molecule is CCC(C)CN(C)C(CN)c1ccc2c(c1)CCCN2C. The Morgan fingerprint density at radius 3 is 2.81 bits per heavy atom. The van der Waals surface area contributed by atoms with Crippen LogP contribution < -0.4 is 10.6 Å². The van der Waals surface area contributed by atoms with Gasteiger partial charge in [0.2, 0.25) is 0 Å². The highest BCUT2D eigenvalue weighted by Crippen LogP contribution is 2.30. The van der Waals surface area contributed by atoms with Crippen LogP contribution in [0.1, 0.15) is 43.9 Å². The van der Waals surface area contributed by atoms with E-state index < -0.39 is 0 Å². The Labute approximate surface area is 130 Å². The van der Waals surface area contributed by atoms with Crippen LogP contribution in [0.3, 0.4) is 0 Å². The van der Waals surface area contributed by atoms with Crippen LogP contribution in [0.4, 0.5) is 5.69 Å². The summed E-state index contributed by atoms with van der Waals surface area (Å²) in [7, 11) is 4.39. The Morgan fingerprint density at radius 1 is 1.38 bits per heavy atom. The molecule has 21 heavy (non-hydrogen) atoms. The zero-order valence-corrected chi connectivity index (χ0v) is 14.1. The summed E-state index contributed by atoms with van der Waals surface area (Å²) >= 11 is 0. The minimum Gasteiger partial charge on any atom is -0.374 e. The van der Waals surface area contributed by atoms with E-state index in [2.05, 4.69) is 55.9 Å². The van der Waals surface area contributed by atoms with Gasteiger partial charge in [-0.15, -0.1) is 0 Å². The lowest BCUT2D eigenvalue weighted by Crippen LogP contribution is -2.34. The average molecular weight is 289 g/mol. The van der Waals surface area contributed by atoms with Crippen LogP contribution in [-0.2, 0) is 6.42 Å². The lowest BCUT2D eigenvalue weighted by molar-refractivity contribution is 0.215. The lowest BCUT2D eigenvalue weighted by Gasteiger charge is -2.32. The molecule has 2 N–H and O–H groups in total. The van der Waals surface area contributed by atoms with Gasteiger partial charge in [-0.25, -0.2) is 0 Å². The Bertz CT molecular complexity index is 458. The predicted molar refractivity (Wildman–Crippen MR) is 91.9 cm³/mol. The van der Waals surface area contributed by atoms with Crippen molar-refractivity contribution in [1.29, 1.82) is 0 Å². The highest BCUT2D eigenvalue weighted by molar-refractivity contribution is 5.56. The van der Waals surface area contributed by atoms with Crippen LogP contribution in [-0.4, -0.2) is 38.6 Å². The van der Waals surface area contributed by atoms with Gasteiger partial charge in [0.15, 0.2) is 0 Å². The number of hydrogen-bond acceptors (Lipinski definition) is 3. The van der Waals surface area contributed by atoms with Gasteiger partial charge >= 0.3 is 0 Å². The molecular formula is C18H31N3. The Kier molecular flexibility index (Phi) is 5.65. The molecule has 3 heteroatoms. The first-order chi connectivity index (χ1) is 10.1. The molecular weight excluding hydrogens is 258 g/mol. The van der Waals surface area contributed by atoms with Gasteiger partial charge < -0.3 is 10.6 Å². The number of likely N-dealkylation sites (N-methyl/N-ethyl adjacent to an activating group) is 1. The summed E-state index contributed by atoms with van der Waals surface area (Å²) in [5.41, 5.74) is 10.3. The molecule has 0 fully saturated rings. The smallest absolute Gasteiger partial charge is 0.0467 e. The third kappa shape index (κ3) is 3.78. The van der Waals surface area contributed by atoms with Gasteiger partial charge in [-0.05, 0) is 43.0 Å². The Hall–Kier alpha value is -1.06. The quantitative estimate of drug-likeness (QED) is 0.873. The number of hydrogen-bond donors (Lipinski definition) is 1. The maximum absolute atomic E-state index is 6.07. The molecule has 0 saturated carbocycles. The highest BCUT2D eigenvalue weighted by atomic mass is 15.1. The van der Waals surface area contributed by atoms with Crippen molar-refractivity contribution in [2.75, 3.05) is 38.6 Å². The molecule has 1 aliphatic rings. The molecule has 118 valence electrons. The second-order valence-electron chi connectivity index (χ2n) is 6.62. The fourth-order valence-corrected chi connectivity index (χ4v) is 3.33. The molecule has 0 radical (unpaired) electrons. The number of nitrogens with two attached hydrogens (primary N) is 1. The van der Waals surface area contributed by atoms with E-state index in [-0.39, 0.29) is 0 Å². The van der Waals surface area contributed by atoms with E-state index in [9.17, 15) is 0 Å². The van der Waals surface area contributed by atoms with Gasteiger partial charge in [0.05, 0.1) is 0 Å². The monoisotopic (exact) mass is 289 g/mol. The highest BCUT2D eigenvalue weighted by Gasteiger charge is 2.20. The molecule has 1 aromatic carbocycles. The number of aryl methyl sites for hydroxylation is 1. The summed E-state index contributed by atoms with van der Waals surface area (Å²) in [4.78, 5) is 4.78. The van der Waals surface area contributed by atoms with Crippen LogP contribution in [0.15, 0.2) is 18.2 Å². The number of anilines is 1. The van der Waals surface area contributed by atoms with E-state index in [1.165, 1.54) is 42.6 Å². The summed E-state index contributed by atoms with van der Waals surface area (Å²) in [6, 6.07) is 7.27. The van der Waals surface area contributed by atoms with Gasteiger partial charge in [-0.2, -0.15) is 0 Å². The van der Waals surface area contributed by atoms with Crippen LogP contribution in [0.2, 0.25) is 0 Å². The molecule has 0 amide bonds. The van der Waals surface area contributed by atoms with Gasteiger partial charge in [0.1, 0.15) is 0 Å². The minimum atomic E-state index is 0.330. The molecule has 2 unspecified atom stereocenters. The van der Waals surface area contributed by atoms with Crippen molar-refractivity contribution < 1.29 is 0 Å².